The van der Waals surface area contributed by atoms with Gasteiger partial charge in [-0.1, -0.05) is 48.5 Å². The van der Waals surface area contributed by atoms with E-state index in [9.17, 15) is 0 Å². The van der Waals surface area contributed by atoms with Crippen molar-refractivity contribution in [1.29, 1.82) is 0 Å². The van der Waals surface area contributed by atoms with Gasteiger partial charge in [0.25, 0.3) is 0 Å². The van der Waals surface area contributed by atoms with Crippen molar-refractivity contribution in [2.24, 2.45) is 0 Å². The zero-order valence-corrected chi connectivity index (χ0v) is 12.4. The molecule has 3 aromatic rings. The minimum Gasteiger partial charge on any atom is -0.344 e. The van der Waals surface area contributed by atoms with Gasteiger partial charge in [-0.15, -0.1) is 0 Å². The van der Waals surface area contributed by atoms with Gasteiger partial charge in [0.2, 0.25) is 0 Å². The number of allylic oxidation sites excluding steroid dienone is 1. The number of nitrogens with zero attached hydrogens (tertiary/aromatic N) is 2. The third-order valence-electron chi connectivity index (χ3n) is 4.03. The summed E-state index contributed by atoms with van der Waals surface area (Å²) in [7, 11) is 2.09. The number of hydrogen-bond donors (Lipinski definition) is 0. The van der Waals surface area contributed by atoms with Crippen molar-refractivity contribution in [2.45, 2.75) is 0 Å². The molecule has 0 N–H and O–H groups in total. The second kappa shape index (κ2) is 5.15. The van der Waals surface area contributed by atoms with E-state index in [4.69, 9.17) is 4.98 Å². The van der Waals surface area contributed by atoms with E-state index in [1.165, 1.54) is 16.6 Å². The van der Waals surface area contributed by atoms with Crippen LogP contribution >= 0.6 is 0 Å². The Hall–Kier alpha value is -2.87. The van der Waals surface area contributed by atoms with Crippen LogP contribution in [0.2, 0.25) is 0 Å². The molecule has 1 aliphatic heterocycles. The fourth-order valence-electron chi connectivity index (χ4n) is 2.82. The van der Waals surface area contributed by atoms with Gasteiger partial charge in [-0.3, -0.25) is 0 Å². The molecule has 1 aliphatic rings. The molecule has 0 saturated carbocycles. The van der Waals surface area contributed by atoms with Crippen LogP contribution in [0.5, 0.6) is 0 Å². The summed E-state index contributed by atoms with van der Waals surface area (Å²) in [5.74, 6) is 0. The first-order chi connectivity index (χ1) is 10.8. The van der Waals surface area contributed by atoms with Crippen LogP contribution in [0.15, 0.2) is 72.4 Å². The van der Waals surface area contributed by atoms with Crippen LogP contribution in [0.1, 0.15) is 11.3 Å². The molecule has 2 heterocycles. The monoisotopic (exact) mass is 284 g/mol. The Labute approximate surface area is 130 Å². The van der Waals surface area contributed by atoms with E-state index < -0.39 is 0 Å². The average molecular weight is 284 g/mol. The van der Waals surface area contributed by atoms with Crippen LogP contribution in [-0.4, -0.2) is 12.0 Å². The van der Waals surface area contributed by atoms with Gasteiger partial charge in [0, 0.05) is 23.8 Å². The van der Waals surface area contributed by atoms with E-state index in [1.54, 1.807) is 0 Å². The fraction of sp³-hybridized carbons (Fsp3) is 0.0500. The Kier molecular flexibility index (Phi) is 3.01. The molecule has 0 saturated heterocycles. The quantitative estimate of drug-likeness (QED) is 0.641. The Balaban J connectivity index is 1.76. The summed E-state index contributed by atoms with van der Waals surface area (Å²) in [5, 5.41) is 1.17. The third kappa shape index (κ3) is 2.19. The van der Waals surface area contributed by atoms with Crippen molar-refractivity contribution in [3.8, 4) is 0 Å². The normalized spacial score (nSPS) is 15.3. The highest BCUT2D eigenvalue weighted by Gasteiger charge is 2.12. The molecule has 0 fully saturated rings. The molecule has 2 nitrogen and oxygen atoms in total. The number of benzene rings is 2. The van der Waals surface area contributed by atoms with Crippen molar-refractivity contribution >= 4 is 28.7 Å². The first kappa shape index (κ1) is 12.8. The first-order valence-corrected chi connectivity index (χ1v) is 7.40. The smallest absolute Gasteiger partial charge is 0.0709 e. The van der Waals surface area contributed by atoms with Crippen molar-refractivity contribution in [2.75, 3.05) is 11.9 Å². The van der Waals surface area contributed by atoms with Crippen LogP contribution in [-0.2, 0) is 0 Å². The predicted octanol–water partition coefficient (Wildman–Crippen LogP) is 4.74. The van der Waals surface area contributed by atoms with Gasteiger partial charge < -0.3 is 4.90 Å². The topological polar surface area (TPSA) is 16.1 Å². The van der Waals surface area contributed by atoms with Crippen LogP contribution < -0.4 is 4.90 Å². The zero-order valence-electron chi connectivity index (χ0n) is 12.4. The van der Waals surface area contributed by atoms with Gasteiger partial charge >= 0.3 is 0 Å². The molecule has 0 atom stereocenters. The minimum absolute atomic E-state index is 0.976. The van der Waals surface area contributed by atoms with Crippen molar-refractivity contribution < 1.29 is 0 Å². The first-order valence-electron chi connectivity index (χ1n) is 7.40. The molecular weight excluding hydrogens is 268 g/mol. The lowest BCUT2D eigenvalue weighted by Crippen LogP contribution is -2.18. The molecule has 0 amide bonds. The zero-order chi connectivity index (χ0) is 14.9. The van der Waals surface area contributed by atoms with Gasteiger partial charge in [-0.2, -0.15) is 0 Å². The van der Waals surface area contributed by atoms with E-state index in [0.29, 0.717) is 0 Å². The van der Waals surface area contributed by atoms with E-state index in [1.807, 2.05) is 18.2 Å². The number of likely N-dealkylation sites (N-methyl/N-ethyl adjacent to an activating group) is 1. The molecule has 2 heteroatoms. The third-order valence-corrected chi connectivity index (χ3v) is 4.03. The molecule has 2 aromatic carbocycles. The van der Waals surface area contributed by atoms with Crippen LogP contribution in [0.3, 0.4) is 0 Å². The maximum Gasteiger partial charge on any atom is 0.0709 e. The predicted molar refractivity (Wildman–Crippen MR) is 93.6 cm³/mol. The lowest BCUT2D eigenvalue weighted by atomic mass is 10.1. The molecule has 4 rings (SSSR count). The second-order valence-electron chi connectivity index (χ2n) is 5.45. The Morgan fingerprint density at radius 2 is 1.68 bits per heavy atom. The SMILES string of the molecule is CN1/C(=C/c2ccc3ccccc3n2)C=Cc2ccccc21. The molecule has 1 aromatic heterocycles. The molecule has 0 spiro atoms. The van der Waals surface area contributed by atoms with Crippen LogP contribution in [0, 0.1) is 0 Å². The molecule has 0 radical (unpaired) electrons. The van der Waals surface area contributed by atoms with E-state index >= 15 is 0 Å². The summed E-state index contributed by atoms with van der Waals surface area (Å²) in [4.78, 5) is 6.92. The summed E-state index contributed by atoms with van der Waals surface area (Å²) < 4.78 is 0. The summed E-state index contributed by atoms with van der Waals surface area (Å²) in [5.41, 5.74) is 5.61. The highest BCUT2D eigenvalue weighted by atomic mass is 15.1. The van der Waals surface area contributed by atoms with Gasteiger partial charge in [0.05, 0.1) is 11.2 Å². The van der Waals surface area contributed by atoms with Crippen LogP contribution in [0.4, 0.5) is 5.69 Å². The van der Waals surface area contributed by atoms with E-state index in [0.717, 1.165) is 16.9 Å². The van der Waals surface area contributed by atoms with E-state index in [-0.39, 0.29) is 0 Å². The summed E-state index contributed by atoms with van der Waals surface area (Å²) in [6.07, 6.45) is 6.42. The van der Waals surface area contributed by atoms with Gasteiger partial charge in [-0.05, 0) is 35.9 Å². The van der Waals surface area contributed by atoms with E-state index in [2.05, 4.69) is 72.6 Å². The highest BCUT2D eigenvalue weighted by Crippen LogP contribution is 2.30. The number of para-hydroxylation sites is 2. The molecular formula is C20H16N2. The number of aromatic nitrogens is 1. The fourth-order valence-corrected chi connectivity index (χ4v) is 2.82. The van der Waals surface area contributed by atoms with Gasteiger partial charge in [-0.25, -0.2) is 4.98 Å². The lowest BCUT2D eigenvalue weighted by Gasteiger charge is -2.26. The van der Waals surface area contributed by atoms with Crippen LogP contribution in [0.25, 0.3) is 23.1 Å². The molecule has 0 bridgehead atoms. The average Bonchev–Trinajstić information content (AvgIpc) is 2.57. The maximum atomic E-state index is 4.72. The minimum atomic E-state index is 0.976. The second-order valence-corrected chi connectivity index (χ2v) is 5.45. The van der Waals surface area contributed by atoms with Crippen molar-refractivity contribution in [1.82, 2.24) is 4.98 Å². The Morgan fingerprint density at radius 3 is 2.64 bits per heavy atom. The lowest BCUT2D eigenvalue weighted by molar-refractivity contribution is 1.13. The largest absolute Gasteiger partial charge is 0.344 e. The highest BCUT2D eigenvalue weighted by molar-refractivity contribution is 5.82. The standard InChI is InChI=1S/C20H16N2/c1-22-18(13-11-16-7-3-5-9-20(16)22)14-17-12-10-15-6-2-4-8-19(15)21-17/h2-14H,1H3/b18-14+. The molecule has 106 valence electrons. The Bertz CT molecular complexity index is 906. The Morgan fingerprint density at radius 1 is 0.864 bits per heavy atom. The van der Waals surface area contributed by atoms with Gasteiger partial charge in [0.1, 0.15) is 0 Å². The number of fused-ring (bicyclic) bond motifs is 2. The molecule has 0 aliphatic carbocycles. The number of hydrogen-bond acceptors (Lipinski definition) is 2. The molecule has 0 unspecified atom stereocenters. The van der Waals surface area contributed by atoms with Crippen molar-refractivity contribution in [3.05, 3.63) is 83.7 Å². The summed E-state index contributed by atoms with van der Waals surface area (Å²) in [6.45, 7) is 0. The number of rotatable bonds is 1. The number of anilines is 1. The molecule has 22 heavy (non-hydrogen) atoms. The van der Waals surface area contributed by atoms with Crippen molar-refractivity contribution in [3.63, 3.8) is 0 Å². The summed E-state index contributed by atoms with van der Waals surface area (Å²) in [6, 6.07) is 20.8. The van der Waals surface area contributed by atoms with Gasteiger partial charge in [0.15, 0.2) is 0 Å². The number of pyridine rings is 1. The summed E-state index contributed by atoms with van der Waals surface area (Å²) >= 11 is 0. The maximum absolute atomic E-state index is 4.72.